The van der Waals surface area contributed by atoms with Crippen molar-refractivity contribution in [2.75, 3.05) is 13.1 Å². The highest BCUT2D eigenvalue weighted by atomic mass is 15.1. The molecule has 0 unspecified atom stereocenters. The lowest BCUT2D eigenvalue weighted by molar-refractivity contribution is 0.144. The van der Waals surface area contributed by atoms with E-state index < -0.39 is 0 Å². The van der Waals surface area contributed by atoms with Gasteiger partial charge in [-0.15, -0.1) is 0 Å². The number of nitrogens with two attached hydrogens (primary N) is 1. The Morgan fingerprint density at radius 3 is 2.44 bits per heavy atom. The first-order valence-corrected chi connectivity index (χ1v) is 6.27. The van der Waals surface area contributed by atoms with Crippen LogP contribution in [0.1, 0.15) is 31.7 Å². The van der Waals surface area contributed by atoms with Gasteiger partial charge in [-0.3, -0.25) is 4.90 Å². The highest BCUT2D eigenvalue weighted by Crippen LogP contribution is 2.30. The highest BCUT2D eigenvalue weighted by Gasteiger charge is 2.33. The standard InChI is InChI=1S/C14H22N2/c1-2-16(12-14(15)9-6-10-14)11-13-7-4-3-5-8-13/h3-5,7-8H,2,6,9-12,15H2,1H3. The van der Waals surface area contributed by atoms with Gasteiger partial charge in [-0.05, 0) is 31.4 Å². The molecule has 0 bridgehead atoms. The van der Waals surface area contributed by atoms with Crippen molar-refractivity contribution in [2.45, 2.75) is 38.3 Å². The molecule has 16 heavy (non-hydrogen) atoms. The monoisotopic (exact) mass is 218 g/mol. The predicted molar refractivity (Wildman–Crippen MR) is 68.2 cm³/mol. The number of likely N-dealkylation sites (N-methyl/N-ethyl adjacent to an activating group) is 1. The summed E-state index contributed by atoms with van der Waals surface area (Å²) in [5, 5.41) is 0. The molecule has 2 nitrogen and oxygen atoms in total. The van der Waals surface area contributed by atoms with Gasteiger partial charge < -0.3 is 5.73 Å². The first kappa shape index (κ1) is 11.6. The van der Waals surface area contributed by atoms with Gasteiger partial charge in [0.1, 0.15) is 0 Å². The first-order chi connectivity index (χ1) is 7.72. The Morgan fingerprint density at radius 1 is 1.25 bits per heavy atom. The van der Waals surface area contributed by atoms with Crippen LogP contribution in [0.5, 0.6) is 0 Å². The van der Waals surface area contributed by atoms with E-state index in [9.17, 15) is 0 Å². The van der Waals surface area contributed by atoms with Crippen LogP contribution in [0.25, 0.3) is 0 Å². The molecule has 0 heterocycles. The molecule has 0 atom stereocenters. The molecule has 2 N–H and O–H groups in total. The van der Waals surface area contributed by atoms with E-state index in [1.165, 1.54) is 24.8 Å². The normalized spacial score (nSPS) is 18.4. The minimum atomic E-state index is 0.102. The van der Waals surface area contributed by atoms with Crippen LogP contribution in [0, 0.1) is 0 Å². The van der Waals surface area contributed by atoms with Crippen LogP contribution >= 0.6 is 0 Å². The Bertz CT molecular complexity index is 317. The quantitative estimate of drug-likeness (QED) is 0.822. The van der Waals surface area contributed by atoms with Crippen molar-refractivity contribution in [3.63, 3.8) is 0 Å². The second-order valence-corrected chi connectivity index (χ2v) is 5.00. The summed E-state index contributed by atoms with van der Waals surface area (Å²) in [6, 6.07) is 10.6. The summed E-state index contributed by atoms with van der Waals surface area (Å²) in [6.45, 7) is 5.35. The maximum absolute atomic E-state index is 6.29. The molecular formula is C14H22N2. The maximum atomic E-state index is 6.29. The van der Waals surface area contributed by atoms with Crippen LogP contribution in [0.4, 0.5) is 0 Å². The van der Waals surface area contributed by atoms with Crippen molar-refractivity contribution < 1.29 is 0 Å². The van der Waals surface area contributed by atoms with Gasteiger partial charge in [-0.2, -0.15) is 0 Å². The van der Waals surface area contributed by atoms with Gasteiger partial charge in [-0.1, -0.05) is 37.3 Å². The van der Waals surface area contributed by atoms with Gasteiger partial charge >= 0.3 is 0 Å². The van der Waals surface area contributed by atoms with Crippen LogP contribution in [0.2, 0.25) is 0 Å². The summed E-state index contributed by atoms with van der Waals surface area (Å²) in [6.07, 6.45) is 3.69. The van der Waals surface area contributed by atoms with Crippen molar-refractivity contribution >= 4 is 0 Å². The number of hydrogen-bond acceptors (Lipinski definition) is 2. The average Bonchev–Trinajstić information content (AvgIpc) is 2.27. The predicted octanol–water partition coefficient (Wildman–Crippen LogP) is 2.39. The summed E-state index contributed by atoms with van der Waals surface area (Å²) in [5.74, 6) is 0. The lowest BCUT2D eigenvalue weighted by Gasteiger charge is -2.41. The molecule has 0 aliphatic heterocycles. The fraction of sp³-hybridized carbons (Fsp3) is 0.571. The molecule has 88 valence electrons. The van der Waals surface area contributed by atoms with E-state index in [1.807, 2.05) is 0 Å². The van der Waals surface area contributed by atoms with E-state index in [2.05, 4.69) is 42.2 Å². The molecule has 2 rings (SSSR count). The lowest BCUT2D eigenvalue weighted by atomic mass is 9.77. The fourth-order valence-electron chi connectivity index (χ4n) is 2.36. The van der Waals surface area contributed by atoms with E-state index in [0.717, 1.165) is 19.6 Å². The molecule has 0 saturated heterocycles. The molecule has 1 aliphatic carbocycles. The van der Waals surface area contributed by atoms with E-state index >= 15 is 0 Å². The zero-order valence-corrected chi connectivity index (χ0v) is 10.2. The summed E-state index contributed by atoms with van der Waals surface area (Å²) in [5.41, 5.74) is 7.77. The molecular weight excluding hydrogens is 196 g/mol. The second-order valence-electron chi connectivity index (χ2n) is 5.00. The zero-order chi connectivity index (χ0) is 11.4. The van der Waals surface area contributed by atoms with Gasteiger partial charge in [-0.25, -0.2) is 0 Å². The Balaban J connectivity index is 1.90. The largest absolute Gasteiger partial charge is 0.324 e. The van der Waals surface area contributed by atoms with Crippen molar-refractivity contribution in [2.24, 2.45) is 5.73 Å². The van der Waals surface area contributed by atoms with E-state index in [0.29, 0.717) is 0 Å². The Morgan fingerprint density at radius 2 is 1.94 bits per heavy atom. The minimum absolute atomic E-state index is 0.102. The Kier molecular flexibility index (Phi) is 3.62. The summed E-state index contributed by atoms with van der Waals surface area (Å²) in [4.78, 5) is 2.45. The third kappa shape index (κ3) is 2.83. The third-order valence-corrected chi connectivity index (χ3v) is 3.58. The van der Waals surface area contributed by atoms with E-state index in [1.54, 1.807) is 0 Å². The van der Waals surface area contributed by atoms with Crippen LogP contribution in [0.3, 0.4) is 0 Å². The molecule has 1 aliphatic rings. The molecule has 2 heteroatoms. The maximum Gasteiger partial charge on any atom is 0.0283 e. The molecule has 0 aromatic heterocycles. The smallest absolute Gasteiger partial charge is 0.0283 e. The van der Waals surface area contributed by atoms with Crippen molar-refractivity contribution in [1.29, 1.82) is 0 Å². The van der Waals surface area contributed by atoms with Gasteiger partial charge in [0.2, 0.25) is 0 Å². The zero-order valence-electron chi connectivity index (χ0n) is 10.2. The Hall–Kier alpha value is -0.860. The fourth-order valence-corrected chi connectivity index (χ4v) is 2.36. The summed E-state index contributed by atoms with van der Waals surface area (Å²) >= 11 is 0. The molecule has 1 aromatic carbocycles. The highest BCUT2D eigenvalue weighted by molar-refractivity contribution is 5.14. The molecule has 0 spiro atoms. The molecule has 1 aromatic rings. The summed E-state index contributed by atoms with van der Waals surface area (Å²) in [7, 11) is 0. The SMILES string of the molecule is CCN(Cc1ccccc1)CC1(N)CCC1. The third-order valence-electron chi connectivity index (χ3n) is 3.58. The topological polar surface area (TPSA) is 29.3 Å². The minimum Gasteiger partial charge on any atom is -0.324 e. The van der Waals surface area contributed by atoms with Crippen molar-refractivity contribution in [3.05, 3.63) is 35.9 Å². The first-order valence-electron chi connectivity index (χ1n) is 6.27. The van der Waals surface area contributed by atoms with Gasteiger partial charge in [0, 0.05) is 18.6 Å². The molecule has 0 amide bonds. The van der Waals surface area contributed by atoms with Crippen LogP contribution < -0.4 is 5.73 Å². The number of benzene rings is 1. The van der Waals surface area contributed by atoms with Gasteiger partial charge in [0.25, 0.3) is 0 Å². The molecule has 1 saturated carbocycles. The van der Waals surface area contributed by atoms with Crippen LogP contribution in [-0.4, -0.2) is 23.5 Å². The van der Waals surface area contributed by atoms with E-state index in [4.69, 9.17) is 5.73 Å². The average molecular weight is 218 g/mol. The van der Waals surface area contributed by atoms with Crippen LogP contribution in [0.15, 0.2) is 30.3 Å². The van der Waals surface area contributed by atoms with Crippen LogP contribution in [-0.2, 0) is 6.54 Å². The lowest BCUT2D eigenvalue weighted by Crippen LogP contribution is -2.54. The van der Waals surface area contributed by atoms with E-state index in [-0.39, 0.29) is 5.54 Å². The molecule has 1 fully saturated rings. The Labute approximate surface area is 98.4 Å². The van der Waals surface area contributed by atoms with Crippen molar-refractivity contribution in [3.8, 4) is 0 Å². The summed E-state index contributed by atoms with van der Waals surface area (Å²) < 4.78 is 0. The molecule has 0 radical (unpaired) electrons. The second kappa shape index (κ2) is 4.98. The number of hydrogen-bond donors (Lipinski definition) is 1. The number of rotatable bonds is 5. The van der Waals surface area contributed by atoms with Gasteiger partial charge in [0.15, 0.2) is 0 Å². The number of nitrogens with zero attached hydrogens (tertiary/aromatic N) is 1. The van der Waals surface area contributed by atoms with Gasteiger partial charge in [0.05, 0.1) is 0 Å². The van der Waals surface area contributed by atoms with Crippen molar-refractivity contribution in [1.82, 2.24) is 4.90 Å².